The number of benzene rings is 2. The van der Waals surface area contributed by atoms with Crippen molar-refractivity contribution in [2.75, 3.05) is 18.0 Å². The second-order valence-corrected chi connectivity index (χ2v) is 8.71. The topological polar surface area (TPSA) is 75.1 Å². The number of aromatic nitrogens is 2. The fourth-order valence-corrected chi connectivity index (χ4v) is 4.71. The molecule has 0 saturated carbocycles. The summed E-state index contributed by atoms with van der Waals surface area (Å²) in [6.07, 6.45) is -3.18. The maximum Gasteiger partial charge on any atom is 0.416 e. The Hall–Kier alpha value is -3.80. The van der Waals surface area contributed by atoms with Crippen molar-refractivity contribution in [3.63, 3.8) is 0 Å². The lowest BCUT2D eigenvalue weighted by molar-refractivity contribution is -0.137. The van der Waals surface area contributed by atoms with Gasteiger partial charge in [0, 0.05) is 31.4 Å². The molecule has 2 aromatic heterocycles. The Morgan fingerprint density at radius 3 is 2.56 bits per heavy atom. The first-order chi connectivity index (χ1) is 16.2. The highest BCUT2D eigenvalue weighted by Crippen LogP contribution is 2.37. The van der Waals surface area contributed by atoms with Crippen molar-refractivity contribution in [3.8, 4) is 6.07 Å². The summed E-state index contributed by atoms with van der Waals surface area (Å²) in [6, 6.07) is 11.1. The van der Waals surface area contributed by atoms with Gasteiger partial charge in [0.25, 0.3) is 5.56 Å². The predicted molar refractivity (Wildman–Crippen MR) is 122 cm³/mol. The summed E-state index contributed by atoms with van der Waals surface area (Å²) in [7, 11) is 1.39. The van der Waals surface area contributed by atoms with E-state index >= 15 is 0 Å². The van der Waals surface area contributed by atoms with Crippen molar-refractivity contribution in [1.29, 1.82) is 5.26 Å². The maximum atomic E-state index is 13.3. The van der Waals surface area contributed by atoms with E-state index in [0.717, 1.165) is 33.4 Å². The van der Waals surface area contributed by atoms with Crippen molar-refractivity contribution in [1.82, 2.24) is 9.55 Å². The molecule has 1 fully saturated rings. The van der Waals surface area contributed by atoms with Crippen molar-refractivity contribution < 1.29 is 17.6 Å². The summed E-state index contributed by atoms with van der Waals surface area (Å²) in [5.41, 5.74) is 1.65. The third kappa shape index (κ3) is 3.59. The van der Waals surface area contributed by atoms with E-state index in [1.807, 2.05) is 36.1 Å². The normalized spacial score (nSPS) is 15.2. The molecule has 1 saturated heterocycles. The molecule has 5 rings (SSSR count). The molecule has 2 aromatic carbocycles. The third-order valence-corrected chi connectivity index (χ3v) is 6.53. The standard InChI is InChI=1S/C25H21F3N4O2/c1-14-3-6-21-19(11-14)30-23(34-21)15-7-9-32(10-8-15)22-17-5-4-16(25(26,27)28)12-20(17)31(2)24(33)18(22)13-29/h3-6,11-12,15H,7-10H2,1-2H3. The monoisotopic (exact) mass is 466 g/mol. The van der Waals surface area contributed by atoms with Crippen LogP contribution in [-0.4, -0.2) is 22.6 Å². The van der Waals surface area contributed by atoms with Crippen LogP contribution in [0.2, 0.25) is 0 Å². The summed E-state index contributed by atoms with van der Waals surface area (Å²) in [4.78, 5) is 19.4. The maximum absolute atomic E-state index is 13.3. The van der Waals surface area contributed by atoms with E-state index in [4.69, 9.17) is 4.42 Å². The van der Waals surface area contributed by atoms with Gasteiger partial charge in [0.2, 0.25) is 0 Å². The van der Waals surface area contributed by atoms with Crippen molar-refractivity contribution in [2.24, 2.45) is 7.05 Å². The first-order valence-corrected chi connectivity index (χ1v) is 10.9. The van der Waals surface area contributed by atoms with Gasteiger partial charge in [0.05, 0.1) is 16.8 Å². The number of aryl methyl sites for hydroxylation is 2. The molecule has 0 amide bonds. The lowest BCUT2D eigenvalue weighted by Gasteiger charge is -2.33. The van der Waals surface area contributed by atoms with E-state index in [9.17, 15) is 23.2 Å². The lowest BCUT2D eigenvalue weighted by Crippen LogP contribution is -2.36. The van der Waals surface area contributed by atoms with Crippen LogP contribution in [0.5, 0.6) is 0 Å². The molecular formula is C25H21F3N4O2. The fraction of sp³-hybridized carbons (Fsp3) is 0.320. The third-order valence-electron chi connectivity index (χ3n) is 6.53. The number of anilines is 1. The van der Waals surface area contributed by atoms with Crippen LogP contribution in [0.1, 0.15) is 41.3 Å². The SMILES string of the molecule is Cc1ccc2oc(C3CCN(c4c(C#N)c(=O)n(C)c5cc(C(F)(F)F)ccc45)CC3)nc2c1. The number of hydrogen-bond acceptors (Lipinski definition) is 5. The molecule has 1 aliphatic heterocycles. The van der Waals surface area contributed by atoms with Crippen molar-refractivity contribution in [2.45, 2.75) is 31.9 Å². The zero-order valence-corrected chi connectivity index (χ0v) is 18.6. The van der Waals surface area contributed by atoms with Gasteiger partial charge in [-0.15, -0.1) is 0 Å². The number of rotatable bonds is 2. The quantitative estimate of drug-likeness (QED) is 0.403. The molecule has 0 aliphatic carbocycles. The Kier molecular flexibility index (Phi) is 5.12. The van der Waals surface area contributed by atoms with Gasteiger partial charge in [-0.2, -0.15) is 18.4 Å². The number of fused-ring (bicyclic) bond motifs is 2. The second-order valence-electron chi connectivity index (χ2n) is 8.71. The van der Waals surface area contributed by atoms with Gasteiger partial charge < -0.3 is 13.9 Å². The Labute approximate surface area is 192 Å². The van der Waals surface area contributed by atoms with E-state index in [1.165, 1.54) is 13.1 Å². The summed E-state index contributed by atoms with van der Waals surface area (Å²) < 4.78 is 46.9. The van der Waals surface area contributed by atoms with Crippen LogP contribution in [-0.2, 0) is 13.2 Å². The van der Waals surface area contributed by atoms with E-state index in [-0.39, 0.29) is 17.0 Å². The largest absolute Gasteiger partial charge is 0.440 e. The number of halogens is 3. The molecule has 3 heterocycles. The summed E-state index contributed by atoms with van der Waals surface area (Å²) >= 11 is 0. The van der Waals surface area contributed by atoms with Gasteiger partial charge >= 0.3 is 6.18 Å². The van der Waals surface area contributed by atoms with Gasteiger partial charge in [0.1, 0.15) is 17.1 Å². The molecular weight excluding hydrogens is 445 g/mol. The first kappa shape index (κ1) is 22.0. The molecule has 174 valence electrons. The van der Waals surface area contributed by atoms with E-state index in [2.05, 4.69) is 4.98 Å². The average molecular weight is 466 g/mol. The van der Waals surface area contributed by atoms with Gasteiger partial charge in [-0.25, -0.2) is 4.98 Å². The van der Waals surface area contributed by atoms with E-state index < -0.39 is 17.3 Å². The van der Waals surface area contributed by atoms with Gasteiger partial charge in [-0.05, 0) is 49.6 Å². The molecule has 0 spiro atoms. The molecule has 0 radical (unpaired) electrons. The van der Waals surface area contributed by atoms with Gasteiger partial charge in [-0.1, -0.05) is 12.1 Å². The number of piperidine rings is 1. The zero-order chi connectivity index (χ0) is 24.2. The van der Waals surface area contributed by atoms with Crippen LogP contribution < -0.4 is 10.5 Å². The highest BCUT2D eigenvalue weighted by molar-refractivity contribution is 5.95. The first-order valence-electron chi connectivity index (χ1n) is 10.9. The number of nitriles is 1. The molecule has 0 bridgehead atoms. The minimum absolute atomic E-state index is 0.0643. The van der Waals surface area contributed by atoms with Crippen molar-refractivity contribution >= 4 is 27.7 Å². The number of alkyl halides is 3. The average Bonchev–Trinajstić information content (AvgIpc) is 3.23. The Bertz CT molecular complexity index is 1520. The summed E-state index contributed by atoms with van der Waals surface area (Å²) in [5.74, 6) is 0.730. The minimum atomic E-state index is -4.53. The van der Waals surface area contributed by atoms with Crippen LogP contribution in [0, 0.1) is 18.3 Å². The fourth-order valence-electron chi connectivity index (χ4n) is 4.71. The predicted octanol–water partition coefficient (Wildman–Crippen LogP) is 5.26. The van der Waals surface area contributed by atoms with Crippen LogP contribution in [0.25, 0.3) is 22.0 Å². The number of hydrogen-bond donors (Lipinski definition) is 0. The Morgan fingerprint density at radius 1 is 1.15 bits per heavy atom. The van der Waals surface area contributed by atoms with Crippen LogP contribution in [0.4, 0.5) is 18.9 Å². The van der Waals surface area contributed by atoms with Gasteiger partial charge in [0.15, 0.2) is 11.5 Å². The van der Waals surface area contributed by atoms with Gasteiger partial charge in [-0.3, -0.25) is 4.79 Å². The van der Waals surface area contributed by atoms with Crippen LogP contribution in [0.15, 0.2) is 45.6 Å². The van der Waals surface area contributed by atoms with E-state index in [0.29, 0.717) is 42.9 Å². The van der Waals surface area contributed by atoms with Crippen LogP contribution in [0.3, 0.4) is 0 Å². The minimum Gasteiger partial charge on any atom is -0.440 e. The molecule has 6 nitrogen and oxygen atoms in total. The van der Waals surface area contributed by atoms with E-state index in [1.54, 1.807) is 0 Å². The Morgan fingerprint density at radius 2 is 1.88 bits per heavy atom. The molecule has 4 aromatic rings. The molecule has 0 N–H and O–H groups in total. The summed E-state index contributed by atoms with van der Waals surface area (Å²) in [5, 5.41) is 10.2. The number of nitrogens with zero attached hydrogens (tertiary/aromatic N) is 4. The molecule has 1 aliphatic rings. The Balaban J connectivity index is 1.51. The summed E-state index contributed by atoms with van der Waals surface area (Å²) in [6.45, 7) is 3.02. The lowest BCUT2D eigenvalue weighted by atomic mass is 9.95. The molecule has 34 heavy (non-hydrogen) atoms. The second kappa shape index (κ2) is 7.90. The zero-order valence-electron chi connectivity index (χ0n) is 18.6. The number of oxazole rings is 1. The molecule has 0 atom stereocenters. The molecule has 9 heteroatoms. The highest BCUT2D eigenvalue weighted by Gasteiger charge is 2.32. The van der Waals surface area contributed by atoms with Crippen LogP contribution >= 0.6 is 0 Å². The molecule has 0 unspecified atom stereocenters. The highest BCUT2D eigenvalue weighted by atomic mass is 19.4. The number of pyridine rings is 1. The van der Waals surface area contributed by atoms with Crippen molar-refractivity contribution in [3.05, 3.63) is 69.3 Å². The smallest absolute Gasteiger partial charge is 0.416 e.